The number of unbranched alkanes of at least 4 members (excludes halogenated alkanes) is 1. The first-order valence-corrected chi connectivity index (χ1v) is 5.75. The second-order valence-corrected chi connectivity index (χ2v) is 4.69. The van der Waals surface area contributed by atoms with Crippen molar-refractivity contribution in [2.75, 3.05) is 0 Å². The van der Waals surface area contributed by atoms with Crippen molar-refractivity contribution in [3.63, 3.8) is 0 Å². The molecule has 1 rings (SSSR count). The molecular formula is C12H24. The van der Waals surface area contributed by atoms with Gasteiger partial charge in [0, 0.05) is 0 Å². The minimum atomic E-state index is 1.00. The van der Waals surface area contributed by atoms with Gasteiger partial charge in [-0.2, -0.15) is 0 Å². The summed E-state index contributed by atoms with van der Waals surface area (Å²) in [6.07, 6.45) is 8.75. The Morgan fingerprint density at radius 2 is 1.67 bits per heavy atom. The molecule has 2 atom stereocenters. The lowest BCUT2D eigenvalue weighted by Crippen LogP contribution is -2.24. The Morgan fingerprint density at radius 1 is 1.08 bits per heavy atom. The first-order valence-electron chi connectivity index (χ1n) is 5.75. The van der Waals surface area contributed by atoms with Crippen molar-refractivity contribution in [2.45, 2.75) is 59.3 Å². The molecule has 0 nitrogen and oxygen atoms in total. The third-order valence-corrected chi connectivity index (χ3v) is 3.67. The lowest BCUT2D eigenvalue weighted by atomic mass is 9.71. The van der Waals surface area contributed by atoms with Gasteiger partial charge in [-0.1, -0.05) is 52.9 Å². The third kappa shape index (κ3) is 2.50. The Hall–Kier alpha value is 0. The van der Waals surface area contributed by atoms with E-state index in [1.54, 1.807) is 0 Å². The van der Waals surface area contributed by atoms with E-state index in [2.05, 4.69) is 20.8 Å². The van der Waals surface area contributed by atoms with Crippen LogP contribution in [0.4, 0.5) is 0 Å². The van der Waals surface area contributed by atoms with E-state index in [1.165, 1.54) is 38.5 Å². The Bertz CT molecular complexity index is 107. The fraction of sp³-hybridized carbons (Fsp3) is 1.00. The average molecular weight is 168 g/mol. The molecule has 1 aliphatic carbocycles. The maximum atomic E-state index is 2.45. The van der Waals surface area contributed by atoms with Crippen LogP contribution in [0.2, 0.25) is 0 Å². The number of hydrogen-bond acceptors (Lipinski definition) is 0. The molecule has 72 valence electrons. The molecule has 1 fully saturated rings. The largest absolute Gasteiger partial charge is 0.0654 e. The van der Waals surface area contributed by atoms with E-state index in [0.717, 1.165) is 17.8 Å². The van der Waals surface area contributed by atoms with Crippen molar-refractivity contribution in [1.82, 2.24) is 0 Å². The van der Waals surface area contributed by atoms with Crippen molar-refractivity contribution in [3.05, 3.63) is 0 Å². The zero-order valence-electron chi connectivity index (χ0n) is 8.97. The molecule has 0 aromatic rings. The SMILES string of the molecule is CCCCC1C(C)CCCC1C. The van der Waals surface area contributed by atoms with E-state index >= 15 is 0 Å². The number of rotatable bonds is 3. The highest BCUT2D eigenvalue weighted by atomic mass is 14.3. The first-order chi connectivity index (χ1) is 5.75. The van der Waals surface area contributed by atoms with Crippen molar-refractivity contribution < 1.29 is 0 Å². The van der Waals surface area contributed by atoms with Gasteiger partial charge >= 0.3 is 0 Å². The highest BCUT2D eigenvalue weighted by molar-refractivity contribution is 4.77. The average Bonchev–Trinajstić information content (AvgIpc) is 2.04. The van der Waals surface area contributed by atoms with Crippen LogP contribution in [0.3, 0.4) is 0 Å². The molecule has 0 spiro atoms. The highest BCUT2D eigenvalue weighted by Gasteiger charge is 2.26. The van der Waals surface area contributed by atoms with E-state index in [4.69, 9.17) is 0 Å². The normalized spacial score (nSPS) is 36.8. The van der Waals surface area contributed by atoms with E-state index in [9.17, 15) is 0 Å². The van der Waals surface area contributed by atoms with Crippen molar-refractivity contribution in [2.24, 2.45) is 17.8 Å². The lowest BCUT2D eigenvalue weighted by Gasteiger charge is -2.34. The van der Waals surface area contributed by atoms with Gasteiger partial charge in [-0.15, -0.1) is 0 Å². The van der Waals surface area contributed by atoms with E-state index < -0.39 is 0 Å². The van der Waals surface area contributed by atoms with Gasteiger partial charge in [-0.25, -0.2) is 0 Å². The van der Waals surface area contributed by atoms with Crippen LogP contribution in [-0.4, -0.2) is 0 Å². The standard InChI is InChI=1S/C12H24/c1-4-5-9-12-10(2)7-6-8-11(12)3/h10-12H,4-9H2,1-3H3. The van der Waals surface area contributed by atoms with Gasteiger partial charge in [0.05, 0.1) is 0 Å². The summed E-state index contributed by atoms with van der Waals surface area (Å²) in [5, 5.41) is 0. The minimum Gasteiger partial charge on any atom is -0.0654 e. The van der Waals surface area contributed by atoms with Crippen LogP contribution < -0.4 is 0 Å². The molecule has 12 heavy (non-hydrogen) atoms. The summed E-state index contributed by atoms with van der Waals surface area (Å²) in [5.74, 6) is 3.04. The van der Waals surface area contributed by atoms with Gasteiger partial charge in [0.2, 0.25) is 0 Å². The summed E-state index contributed by atoms with van der Waals surface area (Å²) in [6.45, 7) is 7.21. The summed E-state index contributed by atoms with van der Waals surface area (Å²) in [4.78, 5) is 0. The Kier molecular flexibility index (Phi) is 4.11. The zero-order chi connectivity index (χ0) is 8.97. The van der Waals surface area contributed by atoms with Gasteiger partial charge in [0.15, 0.2) is 0 Å². The second-order valence-electron chi connectivity index (χ2n) is 4.69. The molecule has 0 aromatic carbocycles. The van der Waals surface area contributed by atoms with Crippen LogP contribution >= 0.6 is 0 Å². The molecule has 0 aromatic heterocycles. The molecule has 0 saturated heterocycles. The van der Waals surface area contributed by atoms with E-state index in [-0.39, 0.29) is 0 Å². The minimum absolute atomic E-state index is 1.00. The summed E-state index contributed by atoms with van der Waals surface area (Å²) < 4.78 is 0. The van der Waals surface area contributed by atoms with Gasteiger partial charge in [-0.05, 0) is 24.2 Å². The smallest absolute Gasteiger partial charge is 0.0363 e. The Morgan fingerprint density at radius 3 is 2.17 bits per heavy atom. The van der Waals surface area contributed by atoms with Gasteiger partial charge in [-0.3, -0.25) is 0 Å². The summed E-state index contributed by atoms with van der Waals surface area (Å²) >= 11 is 0. The topological polar surface area (TPSA) is 0 Å². The monoisotopic (exact) mass is 168 g/mol. The molecule has 0 aliphatic heterocycles. The number of hydrogen-bond donors (Lipinski definition) is 0. The van der Waals surface area contributed by atoms with Crippen LogP contribution in [0, 0.1) is 17.8 Å². The summed E-state index contributed by atoms with van der Waals surface area (Å²) in [5.41, 5.74) is 0. The second kappa shape index (κ2) is 4.89. The van der Waals surface area contributed by atoms with Gasteiger partial charge in [0.1, 0.15) is 0 Å². The van der Waals surface area contributed by atoms with Crippen LogP contribution in [0.15, 0.2) is 0 Å². The Balaban J connectivity index is 2.34. The van der Waals surface area contributed by atoms with Gasteiger partial charge < -0.3 is 0 Å². The fourth-order valence-electron chi connectivity index (χ4n) is 2.76. The van der Waals surface area contributed by atoms with Crippen molar-refractivity contribution in [3.8, 4) is 0 Å². The molecule has 1 aliphatic rings. The van der Waals surface area contributed by atoms with Crippen LogP contribution in [0.25, 0.3) is 0 Å². The molecule has 0 radical (unpaired) electrons. The molecular weight excluding hydrogens is 144 g/mol. The van der Waals surface area contributed by atoms with Crippen molar-refractivity contribution in [1.29, 1.82) is 0 Å². The molecule has 0 amide bonds. The maximum Gasteiger partial charge on any atom is -0.0363 e. The van der Waals surface area contributed by atoms with Crippen LogP contribution in [0.1, 0.15) is 59.3 Å². The molecule has 1 saturated carbocycles. The van der Waals surface area contributed by atoms with Gasteiger partial charge in [0.25, 0.3) is 0 Å². The molecule has 2 unspecified atom stereocenters. The summed E-state index contributed by atoms with van der Waals surface area (Å²) in [7, 11) is 0. The first kappa shape index (κ1) is 10.1. The fourth-order valence-corrected chi connectivity index (χ4v) is 2.76. The van der Waals surface area contributed by atoms with Crippen molar-refractivity contribution >= 4 is 0 Å². The summed E-state index contributed by atoms with van der Waals surface area (Å²) in [6, 6.07) is 0. The third-order valence-electron chi connectivity index (χ3n) is 3.67. The lowest BCUT2D eigenvalue weighted by molar-refractivity contribution is 0.165. The quantitative estimate of drug-likeness (QED) is 0.591. The van der Waals surface area contributed by atoms with E-state index in [1.807, 2.05) is 0 Å². The zero-order valence-corrected chi connectivity index (χ0v) is 8.97. The predicted molar refractivity (Wildman–Crippen MR) is 55.2 cm³/mol. The highest BCUT2D eigenvalue weighted by Crippen LogP contribution is 2.37. The molecule has 0 N–H and O–H groups in total. The molecule has 0 bridgehead atoms. The predicted octanol–water partition coefficient (Wildman–Crippen LogP) is 4.25. The van der Waals surface area contributed by atoms with Crippen LogP contribution in [0.5, 0.6) is 0 Å². The van der Waals surface area contributed by atoms with E-state index in [0.29, 0.717) is 0 Å². The van der Waals surface area contributed by atoms with Crippen LogP contribution in [-0.2, 0) is 0 Å². The maximum absolute atomic E-state index is 2.45. The molecule has 0 heteroatoms. The Labute approximate surface area is 77.7 Å². The molecule has 0 heterocycles.